The molecular weight excluding hydrogens is 340 g/mol. The van der Waals surface area contributed by atoms with Crippen LogP contribution in [0.25, 0.3) is 11.4 Å². The molecule has 1 fully saturated rings. The molecule has 6 nitrogen and oxygen atoms in total. The smallest absolute Gasteiger partial charge is 0.226 e. The van der Waals surface area contributed by atoms with Gasteiger partial charge in [-0.2, -0.15) is 4.98 Å². The third-order valence-corrected chi connectivity index (χ3v) is 4.75. The Hall–Kier alpha value is -1.92. The van der Waals surface area contributed by atoms with Gasteiger partial charge in [-0.3, -0.25) is 4.79 Å². The first-order chi connectivity index (χ1) is 12.1. The van der Waals surface area contributed by atoms with E-state index in [0.29, 0.717) is 42.0 Å². The van der Waals surface area contributed by atoms with Crippen molar-refractivity contribution in [3.05, 3.63) is 35.2 Å². The average Bonchev–Trinajstić information content (AvgIpc) is 3.06. The molecule has 134 valence electrons. The van der Waals surface area contributed by atoms with Gasteiger partial charge in [0.25, 0.3) is 0 Å². The lowest BCUT2D eigenvalue weighted by atomic mass is 9.92. The molecule has 0 radical (unpaired) electrons. The van der Waals surface area contributed by atoms with Crippen molar-refractivity contribution in [3.8, 4) is 11.4 Å². The quantitative estimate of drug-likeness (QED) is 0.823. The van der Waals surface area contributed by atoms with Crippen LogP contribution in [0.15, 0.2) is 28.8 Å². The number of halogens is 1. The molecule has 0 atom stereocenters. The SMILES string of the molecule is NC1CCC(NC(=O)CCCc2nc(-c3ccc(Cl)cc3)no2)CC1. The Bertz CT molecular complexity index is 693. The summed E-state index contributed by atoms with van der Waals surface area (Å²) in [6.45, 7) is 0. The van der Waals surface area contributed by atoms with E-state index in [1.54, 1.807) is 12.1 Å². The molecule has 1 heterocycles. The number of carbonyl (C=O) groups excluding carboxylic acids is 1. The predicted molar refractivity (Wildman–Crippen MR) is 96.1 cm³/mol. The highest BCUT2D eigenvalue weighted by Gasteiger charge is 2.19. The zero-order valence-electron chi connectivity index (χ0n) is 14.1. The van der Waals surface area contributed by atoms with Crippen LogP contribution in [0.4, 0.5) is 0 Å². The average molecular weight is 363 g/mol. The van der Waals surface area contributed by atoms with E-state index in [4.69, 9.17) is 21.9 Å². The maximum absolute atomic E-state index is 12.0. The van der Waals surface area contributed by atoms with Gasteiger partial charge in [0.2, 0.25) is 17.6 Å². The maximum Gasteiger partial charge on any atom is 0.226 e. The second kappa shape index (κ2) is 8.45. The van der Waals surface area contributed by atoms with Crippen molar-refractivity contribution in [1.29, 1.82) is 0 Å². The molecule has 0 aliphatic heterocycles. The van der Waals surface area contributed by atoms with Gasteiger partial charge in [-0.15, -0.1) is 0 Å². The lowest BCUT2D eigenvalue weighted by Gasteiger charge is -2.26. The fourth-order valence-electron chi connectivity index (χ4n) is 3.04. The monoisotopic (exact) mass is 362 g/mol. The van der Waals surface area contributed by atoms with Gasteiger partial charge in [-0.1, -0.05) is 16.8 Å². The van der Waals surface area contributed by atoms with Crippen LogP contribution in [-0.4, -0.2) is 28.1 Å². The van der Waals surface area contributed by atoms with Gasteiger partial charge in [0.05, 0.1) is 0 Å². The zero-order valence-corrected chi connectivity index (χ0v) is 14.8. The molecule has 0 unspecified atom stereocenters. The van der Waals surface area contributed by atoms with E-state index in [-0.39, 0.29) is 11.9 Å². The third kappa shape index (κ3) is 5.28. The summed E-state index contributed by atoms with van der Waals surface area (Å²) in [5, 5.41) is 7.73. The molecule has 1 aromatic heterocycles. The van der Waals surface area contributed by atoms with E-state index >= 15 is 0 Å². The number of hydrogen-bond acceptors (Lipinski definition) is 5. The highest BCUT2D eigenvalue weighted by Crippen LogP contribution is 2.19. The minimum absolute atomic E-state index is 0.0814. The number of nitrogens with two attached hydrogens (primary N) is 1. The summed E-state index contributed by atoms with van der Waals surface area (Å²) in [5.41, 5.74) is 6.74. The van der Waals surface area contributed by atoms with E-state index < -0.39 is 0 Å². The van der Waals surface area contributed by atoms with Crippen molar-refractivity contribution >= 4 is 17.5 Å². The number of aryl methyl sites for hydroxylation is 1. The second-order valence-corrected chi connectivity index (χ2v) is 6.99. The van der Waals surface area contributed by atoms with Crippen LogP contribution in [0.2, 0.25) is 5.02 Å². The number of nitrogens with zero attached hydrogens (tertiary/aromatic N) is 2. The van der Waals surface area contributed by atoms with E-state index in [1.807, 2.05) is 12.1 Å². The molecule has 0 spiro atoms. The highest BCUT2D eigenvalue weighted by atomic mass is 35.5. The normalized spacial score (nSPS) is 20.4. The molecule has 0 bridgehead atoms. The Kier molecular flexibility index (Phi) is 6.04. The minimum atomic E-state index is 0.0814. The molecule has 3 rings (SSSR count). The molecule has 7 heteroatoms. The lowest BCUT2D eigenvalue weighted by Crippen LogP contribution is -2.40. The molecule has 1 aliphatic rings. The molecule has 1 aromatic carbocycles. The Morgan fingerprint density at radius 3 is 2.68 bits per heavy atom. The third-order valence-electron chi connectivity index (χ3n) is 4.50. The number of hydrogen-bond donors (Lipinski definition) is 2. The molecule has 0 saturated heterocycles. The summed E-state index contributed by atoms with van der Waals surface area (Å²) in [7, 11) is 0. The topological polar surface area (TPSA) is 94.0 Å². The van der Waals surface area contributed by atoms with Crippen molar-refractivity contribution in [2.24, 2.45) is 5.73 Å². The fourth-order valence-corrected chi connectivity index (χ4v) is 3.16. The fraction of sp³-hybridized carbons (Fsp3) is 0.500. The molecule has 1 saturated carbocycles. The molecule has 2 aromatic rings. The van der Waals surface area contributed by atoms with Gasteiger partial charge in [0.1, 0.15) is 0 Å². The van der Waals surface area contributed by atoms with E-state index in [9.17, 15) is 4.79 Å². The summed E-state index contributed by atoms with van der Waals surface area (Å²) in [6.07, 6.45) is 5.65. The number of nitrogens with one attached hydrogen (secondary N) is 1. The van der Waals surface area contributed by atoms with E-state index in [1.165, 1.54) is 0 Å². The molecule has 3 N–H and O–H groups in total. The van der Waals surface area contributed by atoms with Crippen LogP contribution in [0.3, 0.4) is 0 Å². The van der Waals surface area contributed by atoms with Crippen LogP contribution in [-0.2, 0) is 11.2 Å². The van der Waals surface area contributed by atoms with Crippen LogP contribution in [0.1, 0.15) is 44.4 Å². The van der Waals surface area contributed by atoms with Crippen LogP contribution in [0, 0.1) is 0 Å². The summed E-state index contributed by atoms with van der Waals surface area (Å²) in [6, 6.07) is 7.83. The van der Waals surface area contributed by atoms with Gasteiger partial charge >= 0.3 is 0 Å². The number of amides is 1. The van der Waals surface area contributed by atoms with Gasteiger partial charge in [0.15, 0.2) is 0 Å². The molecule has 1 aliphatic carbocycles. The molecule has 1 amide bonds. The van der Waals surface area contributed by atoms with Gasteiger partial charge < -0.3 is 15.6 Å². The van der Waals surface area contributed by atoms with Crippen LogP contribution in [0.5, 0.6) is 0 Å². The van der Waals surface area contributed by atoms with Crippen LogP contribution >= 0.6 is 11.6 Å². The first-order valence-electron chi connectivity index (χ1n) is 8.73. The first kappa shape index (κ1) is 17.9. The lowest BCUT2D eigenvalue weighted by molar-refractivity contribution is -0.122. The van der Waals surface area contributed by atoms with Gasteiger partial charge in [-0.25, -0.2) is 0 Å². The Morgan fingerprint density at radius 1 is 1.24 bits per heavy atom. The largest absolute Gasteiger partial charge is 0.353 e. The second-order valence-electron chi connectivity index (χ2n) is 6.55. The van der Waals surface area contributed by atoms with Crippen molar-refractivity contribution in [1.82, 2.24) is 15.5 Å². The number of rotatable bonds is 6. The molecule has 25 heavy (non-hydrogen) atoms. The Morgan fingerprint density at radius 2 is 1.96 bits per heavy atom. The summed E-state index contributed by atoms with van der Waals surface area (Å²) in [5.74, 6) is 1.16. The van der Waals surface area contributed by atoms with Gasteiger partial charge in [0, 0.05) is 35.5 Å². The standard InChI is InChI=1S/C18H23ClN4O2/c19-13-6-4-12(5-7-13)18-22-17(25-23-18)3-1-2-16(24)21-15-10-8-14(20)9-11-15/h4-7,14-15H,1-3,8-11,20H2,(H,21,24). The highest BCUT2D eigenvalue weighted by molar-refractivity contribution is 6.30. The number of aromatic nitrogens is 2. The van der Waals surface area contributed by atoms with E-state index in [0.717, 1.165) is 31.2 Å². The number of carbonyl (C=O) groups is 1. The van der Waals surface area contributed by atoms with Crippen molar-refractivity contribution < 1.29 is 9.32 Å². The minimum Gasteiger partial charge on any atom is -0.353 e. The number of benzene rings is 1. The summed E-state index contributed by atoms with van der Waals surface area (Å²) < 4.78 is 5.25. The van der Waals surface area contributed by atoms with Crippen molar-refractivity contribution in [2.75, 3.05) is 0 Å². The van der Waals surface area contributed by atoms with Crippen molar-refractivity contribution in [3.63, 3.8) is 0 Å². The van der Waals surface area contributed by atoms with E-state index in [2.05, 4.69) is 15.5 Å². The van der Waals surface area contributed by atoms with Gasteiger partial charge in [-0.05, 0) is 56.4 Å². The Balaban J connectivity index is 1.41. The summed E-state index contributed by atoms with van der Waals surface area (Å²) in [4.78, 5) is 16.4. The Labute approximate surface area is 152 Å². The summed E-state index contributed by atoms with van der Waals surface area (Å²) >= 11 is 5.87. The maximum atomic E-state index is 12.0. The predicted octanol–water partition coefficient (Wildman–Crippen LogP) is 3.10. The van der Waals surface area contributed by atoms with Crippen molar-refractivity contribution in [2.45, 2.75) is 57.0 Å². The zero-order chi connectivity index (χ0) is 17.6. The van der Waals surface area contributed by atoms with Crippen LogP contribution < -0.4 is 11.1 Å². The molecular formula is C18H23ClN4O2. The first-order valence-corrected chi connectivity index (χ1v) is 9.11.